The highest BCUT2D eigenvalue weighted by atomic mass is 16.6. The van der Waals surface area contributed by atoms with E-state index in [1.54, 1.807) is 11.1 Å². The molecule has 7 heteroatoms. The molecule has 0 aromatic carbocycles. The fourth-order valence-corrected chi connectivity index (χ4v) is 3.38. The van der Waals surface area contributed by atoms with Crippen LogP contribution >= 0.6 is 0 Å². The summed E-state index contributed by atoms with van der Waals surface area (Å²) in [5.74, 6) is 0.798. The summed E-state index contributed by atoms with van der Waals surface area (Å²) in [5.41, 5.74) is 3.71. The van der Waals surface area contributed by atoms with E-state index in [4.69, 9.17) is 14.4 Å². The Morgan fingerprint density at radius 2 is 2.12 bits per heavy atom. The molecule has 2 aromatic heterocycles. The minimum absolute atomic E-state index is 0.278. The first-order chi connectivity index (χ1) is 11.4. The highest BCUT2D eigenvalue weighted by molar-refractivity contribution is 5.70. The molecule has 4 heterocycles. The number of aromatic nitrogens is 3. The minimum Gasteiger partial charge on any atom is -0.444 e. The highest BCUT2D eigenvalue weighted by Crippen LogP contribution is 2.35. The van der Waals surface area contributed by atoms with Crippen molar-refractivity contribution in [1.82, 2.24) is 19.8 Å². The van der Waals surface area contributed by atoms with Crippen LogP contribution in [0.2, 0.25) is 0 Å². The minimum atomic E-state index is -0.495. The van der Waals surface area contributed by atoms with Crippen LogP contribution in [-0.2, 0) is 30.7 Å². The lowest BCUT2D eigenvalue weighted by atomic mass is 10.0. The van der Waals surface area contributed by atoms with Gasteiger partial charge in [0.1, 0.15) is 11.3 Å². The molecule has 0 bridgehead atoms. The molecule has 0 radical (unpaired) electrons. The first-order valence-corrected chi connectivity index (χ1v) is 8.43. The van der Waals surface area contributed by atoms with E-state index in [1.807, 2.05) is 25.5 Å². The molecule has 4 rings (SSSR count). The Morgan fingerprint density at radius 3 is 2.92 bits per heavy atom. The molecule has 2 aliphatic heterocycles. The van der Waals surface area contributed by atoms with Gasteiger partial charge in [0.15, 0.2) is 5.76 Å². The zero-order valence-electron chi connectivity index (χ0n) is 14.3. The smallest absolute Gasteiger partial charge is 0.410 e. The summed E-state index contributed by atoms with van der Waals surface area (Å²) in [4.78, 5) is 14.2. The molecule has 0 saturated heterocycles. The Balaban J connectivity index is 1.68. The molecule has 1 amide bonds. The molecule has 0 saturated carbocycles. The van der Waals surface area contributed by atoms with Gasteiger partial charge in [-0.1, -0.05) is 5.16 Å². The van der Waals surface area contributed by atoms with Crippen LogP contribution in [0.5, 0.6) is 0 Å². The summed E-state index contributed by atoms with van der Waals surface area (Å²) >= 11 is 0. The number of rotatable bonds is 0. The Hall–Kier alpha value is -2.31. The summed E-state index contributed by atoms with van der Waals surface area (Å²) in [7, 11) is 0. The van der Waals surface area contributed by atoms with Crippen LogP contribution < -0.4 is 0 Å². The summed E-state index contributed by atoms with van der Waals surface area (Å²) in [6.07, 6.45) is 4.20. The Kier molecular flexibility index (Phi) is 3.40. The normalized spacial score (nSPS) is 16.9. The fraction of sp³-hybridized carbons (Fsp3) is 0.588. The van der Waals surface area contributed by atoms with Crippen LogP contribution in [0.1, 0.15) is 44.0 Å². The monoisotopic (exact) mass is 330 g/mol. The predicted octanol–water partition coefficient (Wildman–Crippen LogP) is 2.78. The SMILES string of the molecule is CC(C)(C)OC(=O)N1CCc2nn3c(c2C1)-c1oncc1CCC3. The summed E-state index contributed by atoms with van der Waals surface area (Å²) in [6, 6.07) is 0. The number of nitrogens with zero attached hydrogens (tertiary/aromatic N) is 4. The van der Waals surface area contributed by atoms with E-state index >= 15 is 0 Å². The summed E-state index contributed by atoms with van der Waals surface area (Å²) < 4.78 is 13.0. The van der Waals surface area contributed by atoms with E-state index in [9.17, 15) is 4.79 Å². The van der Waals surface area contributed by atoms with Gasteiger partial charge >= 0.3 is 6.09 Å². The number of carbonyl (C=O) groups is 1. The highest BCUT2D eigenvalue weighted by Gasteiger charge is 2.33. The van der Waals surface area contributed by atoms with E-state index in [2.05, 4.69) is 5.16 Å². The van der Waals surface area contributed by atoms with E-state index in [0.717, 1.165) is 54.1 Å². The third-order valence-electron chi connectivity index (χ3n) is 4.43. The number of amides is 1. The second-order valence-corrected chi connectivity index (χ2v) is 7.43. The van der Waals surface area contributed by atoms with Crippen molar-refractivity contribution in [1.29, 1.82) is 0 Å². The molecule has 0 aliphatic carbocycles. The molecule has 0 N–H and O–H groups in total. The van der Waals surface area contributed by atoms with Crippen LogP contribution in [0.15, 0.2) is 10.7 Å². The maximum absolute atomic E-state index is 12.4. The molecule has 24 heavy (non-hydrogen) atoms. The van der Waals surface area contributed by atoms with Crippen molar-refractivity contribution in [2.24, 2.45) is 0 Å². The van der Waals surface area contributed by atoms with Crippen molar-refractivity contribution in [2.45, 2.75) is 58.7 Å². The van der Waals surface area contributed by atoms with Crippen molar-refractivity contribution in [3.8, 4) is 11.5 Å². The zero-order chi connectivity index (χ0) is 16.9. The van der Waals surface area contributed by atoms with E-state index < -0.39 is 5.60 Å². The lowest BCUT2D eigenvalue weighted by Crippen LogP contribution is -2.39. The van der Waals surface area contributed by atoms with E-state index in [-0.39, 0.29) is 6.09 Å². The van der Waals surface area contributed by atoms with Crippen molar-refractivity contribution in [2.75, 3.05) is 6.54 Å². The van der Waals surface area contributed by atoms with Crippen LogP contribution in [0, 0.1) is 0 Å². The number of hydrogen-bond donors (Lipinski definition) is 0. The maximum atomic E-state index is 12.4. The van der Waals surface area contributed by atoms with Gasteiger partial charge in [-0.2, -0.15) is 5.10 Å². The molecule has 128 valence electrons. The molecule has 0 atom stereocenters. The van der Waals surface area contributed by atoms with Crippen molar-refractivity contribution in [3.63, 3.8) is 0 Å². The first-order valence-electron chi connectivity index (χ1n) is 8.43. The summed E-state index contributed by atoms with van der Waals surface area (Å²) in [5, 5.41) is 8.70. The van der Waals surface area contributed by atoms with Gasteiger partial charge in [-0.15, -0.1) is 0 Å². The quantitative estimate of drug-likeness (QED) is 0.742. The molecule has 0 fully saturated rings. The predicted molar refractivity (Wildman–Crippen MR) is 86.4 cm³/mol. The molecular weight excluding hydrogens is 308 g/mol. The second kappa shape index (κ2) is 5.36. The Bertz CT molecular complexity index is 784. The standard InChI is InChI=1S/C17H22N4O3/c1-17(2,3)23-16(22)20-8-6-13-12(10-20)14-15-11(9-18-24-15)5-4-7-21(14)19-13/h9H,4-8,10H2,1-3H3. The lowest BCUT2D eigenvalue weighted by Gasteiger charge is -2.29. The van der Waals surface area contributed by atoms with Crippen LogP contribution in [-0.4, -0.2) is 38.1 Å². The third-order valence-corrected chi connectivity index (χ3v) is 4.43. The average molecular weight is 330 g/mol. The van der Waals surface area contributed by atoms with Crippen LogP contribution in [0.25, 0.3) is 11.5 Å². The molecule has 7 nitrogen and oxygen atoms in total. The number of ether oxygens (including phenoxy) is 1. The molecule has 2 aliphatic rings. The number of aryl methyl sites for hydroxylation is 2. The van der Waals surface area contributed by atoms with Gasteiger partial charge in [-0.25, -0.2) is 4.79 Å². The second-order valence-electron chi connectivity index (χ2n) is 7.43. The van der Waals surface area contributed by atoms with Gasteiger partial charge in [0.25, 0.3) is 0 Å². The van der Waals surface area contributed by atoms with Gasteiger partial charge in [0.05, 0.1) is 18.4 Å². The van der Waals surface area contributed by atoms with E-state index in [1.165, 1.54) is 0 Å². The zero-order valence-corrected chi connectivity index (χ0v) is 14.3. The number of fused-ring (bicyclic) bond motifs is 5. The van der Waals surface area contributed by atoms with Crippen molar-refractivity contribution in [3.05, 3.63) is 23.0 Å². The largest absolute Gasteiger partial charge is 0.444 e. The Labute approximate surface area is 140 Å². The summed E-state index contributed by atoms with van der Waals surface area (Å²) in [6.45, 7) is 7.63. The van der Waals surface area contributed by atoms with Crippen LogP contribution in [0.3, 0.4) is 0 Å². The van der Waals surface area contributed by atoms with Gasteiger partial charge in [-0.05, 0) is 33.6 Å². The van der Waals surface area contributed by atoms with Crippen LogP contribution in [0.4, 0.5) is 4.79 Å². The maximum Gasteiger partial charge on any atom is 0.410 e. The van der Waals surface area contributed by atoms with E-state index in [0.29, 0.717) is 13.1 Å². The molecule has 0 unspecified atom stereocenters. The third kappa shape index (κ3) is 2.57. The van der Waals surface area contributed by atoms with Gasteiger partial charge in [-0.3, -0.25) is 4.68 Å². The van der Waals surface area contributed by atoms with Gasteiger partial charge in [0, 0.05) is 30.6 Å². The molecule has 0 spiro atoms. The lowest BCUT2D eigenvalue weighted by molar-refractivity contribution is 0.0224. The fourth-order valence-electron chi connectivity index (χ4n) is 3.38. The Morgan fingerprint density at radius 1 is 1.29 bits per heavy atom. The average Bonchev–Trinajstić information content (AvgIpc) is 3.05. The van der Waals surface area contributed by atoms with Crippen molar-refractivity contribution >= 4 is 6.09 Å². The van der Waals surface area contributed by atoms with Gasteiger partial charge in [0.2, 0.25) is 0 Å². The topological polar surface area (TPSA) is 73.4 Å². The van der Waals surface area contributed by atoms with Crippen molar-refractivity contribution < 1.29 is 14.1 Å². The first kappa shape index (κ1) is 15.2. The molecular formula is C17H22N4O3. The number of carbonyl (C=O) groups excluding carboxylic acids is 1. The van der Waals surface area contributed by atoms with Gasteiger partial charge < -0.3 is 14.2 Å². The number of hydrogen-bond acceptors (Lipinski definition) is 5. The molecule has 2 aromatic rings.